The average Bonchev–Trinajstić information content (AvgIpc) is 2.77. The fraction of sp³-hybridized carbons (Fsp3) is 0.130. The highest BCUT2D eigenvalue weighted by molar-refractivity contribution is 8.00. The Hall–Kier alpha value is -3.03. The largest absolute Gasteiger partial charge is 0.493 e. The maximum atomic E-state index is 12.6. The van der Waals surface area contributed by atoms with Gasteiger partial charge in [-0.2, -0.15) is 0 Å². The number of anilines is 2. The minimum Gasteiger partial charge on any atom is -0.493 e. The van der Waals surface area contributed by atoms with Gasteiger partial charge in [0.15, 0.2) is 22.4 Å². The van der Waals surface area contributed by atoms with Crippen LogP contribution in [0.1, 0.15) is 10.4 Å². The third-order valence-corrected chi connectivity index (χ3v) is 5.40. The Morgan fingerprint density at radius 2 is 1.57 bits per heavy atom. The number of hydrogen-bond donors (Lipinski definition) is 2. The van der Waals surface area contributed by atoms with Crippen molar-refractivity contribution in [2.24, 2.45) is 0 Å². The molecule has 0 aliphatic carbocycles. The molecule has 0 saturated heterocycles. The number of carbonyl (C=O) groups excluding carboxylic acids is 1. The number of rotatable bonds is 8. The second-order valence-electron chi connectivity index (χ2n) is 6.25. The van der Waals surface area contributed by atoms with Crippen molar-refractivity contribution in [3.8, 4) is 11.5 Å². The number of thiocarbonyl (C=S) groups is 1. The summed E-state index contributed by atoms with van der Waals surface area (Å²) in [6, 6.07) is 22.7. The lowest BCUT2D eigenvalue weighted by atomic mass is 10.1. The quantitative estimate of drug-likeness (QED) is 0.274. The summed E-state index contributed by atoms with van der Waals surface area (Å²) in [4.78, 5) is 13.6. The van der Waals surface area contributed by atoms with E-state index >= 15 is 0 Å². The molecule has 154 valence electrons. The van der Waals surface area contributed by atoms with Gasteiger partial charge in [-0.1, -0.05) is 24.3 Å². The Bertz CT molecular complexity index is 1030. The first kappa shape index (κ1) is 21.7. The number of hydrogen-bond acceptors (Lipinski definition) is 5. The molecule has 0 fully saturated rings. The summed E-state index contributed by atoms with van der Waals surface area (Å²) < 4.78 is 10.5. The van der Waals surface area contributed by atoms with E-state index in [9.17, 15) is 4.79 Å². The first-order valence-electron chi connectivity index (χ1n) is 9.20. The Morgan fingerprint density at radius 3 is 2.30 bits per heavy atom. The lowest BCUT2D eigenvalue weighted by molar-refractivity contribution is 0.102. The molecule has 0 spiro atoms. The summed E-state index contributed by atoms with van der Waals surface area (Å²) in [5, 5.41) is 6.81. The van der Waals surface area contributed by atoms with E-state index in [1.807, 2.05) is 54.6 Å². The maximum Gasteiger partial charge on any atom is 0.175 e. The van der Waals surface area contributed by atoms with Crippen molar-refractivity contribution in [3.63, 3.8) is 0 Å². The van der Waals surface area contributed by atoms with Crippen LogP contribution in [-0.4, -0.2) is 30.9 Å². The number of thioether (sulfide) groups is 1. The summed E-state index contributed by atoms with van der Waals surface area (Å²) in [6.45, 7) is 0. The summed E-state index contributed by atoms with van der Waals surface area (Å²) >= 11 is 6.84. The number of ether oxygens (including phenoxy) is 2. The second-order valence-corrected chi connectivity index (χ2v) is 7.71. The number of methoxy groups -OCH3 is 2. The molecule has 3 aromatic carbocycles. The van der Waals surface area contributed by atoms with Gasteiger partial charge in [-0.3, -0.25) is 4.79 Å². The zero-order valence-electron chi connectivity index (χ0n) is 16.7. The average molecular weight is 439 g/mol. The Balaban J connectivity index is 1.58. The third kappa shape index (κ3) is 5.98. The molecule has 0 radical (unpaired) electrons. The first-order valence-corrected chi connectivity index (χ1v) is 10.6. The van der Waals surface area contributed by atoms with Gasteiger partial charge in [0.05, 0.1) is 20.0 Å². The molecular weight excluding hydrogens is 416 g/mol. The van der Waals surface area contributed by atoms with E-state index in [2.05, 4.69) is 10.6 Å². The standard InChI is InChI=1S/C23H22N2O3S2/c1-27-21-12-11-16(13-22(21)28-2)20(26)15-30-19-10-6-9-18(14-19)25-23(29)24-17-7-4-3-5-8-17/h3-14H,15H2,1-2H3,(H2,24,25,29). The van der Waals surface area contributed by atoms with Crippen molar-refractivity contribution >= 4 is 46.3 Å². The van der Waals surface area contributed by atoms with Crippen molar-refractivity contribution in [1.29, 1.82) is 0 Å². The van der Waals surface area contributed by atoms with Crippen molar-refractivity contribution < 1.29 is 14.3 Å². The van der Waals surface area contributed by atoms with E-state index in [-0.39, 0.29) is 5.78 Å². The SMILES string of the molecule is COc1ccc(C(=O)CSc2cccc(NC(=S)Nc3ccccc3)c2)cc1OC. The number of Topliss-reactive ketones (excluding diaryl/α,β-unsaturated/α-hetero) is 1. The van der Waals surface area contributed by atoms with Crippen molar-refractivity contribution in [1.82, 2.24) is 0 Å². The summed E-state index contributed by atoms with van der Waals surface area (Å²) in [7, 11) is 3.12. The number of para-hydroxylation sites is 1. The van der Waals surface area contributed by atoms with E-state index in [0.717, 1.165) is 16.3 Å². The predicted octanol–water partition coefficient (Wildman–Crippen LogP) is 5.49. The smallest absolute Gasteiger partial charge is 0.175 e. The number of ketones is 1. The highest BCUT2D eigenvalue weighted by atomic mass is 32.2. The Kier molecular flexibility index (Phi) is 7.70. The minimum atomic E-state index is 0.0144. The van der Waals surface area contributed by atoms with Gasteiger partial charge in [-0.25, -0.2) is 0 Å². The maximum absolute atomic E-state index is 12.6. The van der Waals surface area contributed by atoms with Gasteiger partial charge in [0.25, 0.3) is 0 Å². The van der Waals surface area contributed by atoms with Crippen LogP contribution in [0, 0.1) is 0 Å². The van der Waals surface area contributed by atoms with Crippen LogP contribution in [0.3, 0.4) is 0 Å². The Morgan fingerprint density at radius 1 is 0.867 bits per heavy atom. The van der Waals surface area contributed by atoms with Gasteiger partial charge in [-0.15, -0.1) is 11.8 Å². The molecule has 5 nitrogen and oxygen atoms in total. The molecule has 0 aromatic heterocycles. The molecule has 0 aliphatic heterocycles. The van der Waals surface area contributed by atoms with Crippen LogP contribution in [0.2, 0.25) is 0 Å². The fourth-order valence-corrected chi connectivity index (χ4v) is 3.81. The Labute approximate surface area is 185 Å². The van der Waals surface area contributed by atoms with Gasteiger partial charge in [-0.05, 0) is 60.7 Å². The van der Waals surface area contributed by atoms with Crippen LogP contribution in [0.25, 0.3) is 0 Å². The highest BCUT2D eigenvalue weighted by Gasteiger charge is 2.11. The summed E-state index contributed by atoms with van der Waals surface area (Å²) in [5.74, 6) is 1.46. The minimum absolute atomic E-state index is 0.0144. The molecule has 3 aromatic rings. The van der Waals surface area contributed by atoms with Crippen molar-refractivity contribution in [3.05, 3.63) is 78.4 Å². The number of carbonyl (C=O) groups is 1. The van der Waals surface area contributed by atoms with Crippen LogP contribution in [0.4, 0.5) is 11.4 Å². The summed E-state index contributed by atoms with van der Waals surface area (Å²) in [5.41, 5.74) is 2.36. The molecule has 7 heteroatoms. The normalized spacial score (nSPS) is 10.2. The second kappa shape index (κ2) is 10.7. The van der Waals surface area contributed by atoms with E-state index < -0.39 is 0 Å². The van der Waals surface area contributed by atoms with Crippen molar-refractivity contribution in [2.75, 3.05) is 30.6 Å². The molecule has 0 unspecified atom stereocenters. The van der Waals surface area contributed by atoms with Crippen LogP contribution in [0.5, 0.6) is 11.5 Å². The fourth-order valence-electron chi connectivity index (χ4n) is 2.72. The molecule has 0 amide bonds. The van der Waals surface area contributed by atoms with E-state index in [4.69, 9.17) is 21.7 Å². The van der Waals surface area contributed by atoms with Crippen molar-refractivity contribution in [2.45, 2.75) is 4.90 Å². The van der Waals surface area contributed by atoms with Gasteiger partial charge in [0.1, 0.15) is 0 Å². The monoisotopic (exact) mass is 438 g/mol. The molecule has 2 N–H and O–H groups in total. The van der Waals surface area contributed by atoms with Crippen LogP contribution in [-0.2, 0) is 0 Å². The number of nitrogens with one attached hydrogen (secondary N) is 2. The molecule has 0 aliphatic rings. The van der Waals surface area contributed by atoms with E-state index in [0.29, 0.717) is 27.9 Å². The molecule has 0 atom stereocenters. The molecule has 0 bridgehead atoms. The van der Waals surface area contributed by atoms with Gasteiger partial charge >= 0.3 is 0 Å². The van der Waals surface area contributed by atoms with Crippen LogP contribution >= 0.6 is 24.0 Å². The lowest BCUT2D eigenvalue weighted by Gasteiger charge is -2.11. The molecule has 3 rings (SSSR count). The first-order chi connectivity index (χ1) is 14.6. The number of benzene rings is 3. The zero-order chi connectivity index (χ0) is 21.3. The summed E-state index contributed by atoms with van der Waals surface area (Å²) in [6.07, 6.45) is 0. The predicted molar refractivity (Wildman–Crippen MR) is 127 cm³/mol. The van der Waals surface area contributed by atoms with Gasteiger partial charge in [0.2, 0.25) is 0 Å². The molecule has 30 heavy (non-hydrogen) atoms. The third-order valence-electron chi connectivity index (χ3n) is 4.20. The van der Waals surface area contributed by atoms with E-state index in [1.54, 1.807) is 32.4 Å². The topological polar surface area (TPSA) is 59.6 Å². The molecular formula is C23H22N2O3S2. The van der Waals surface area contributed by atoms with Gasteiger partial charge in [0, 0.05) is 21.8 Å². The lowest BCUT2D eigenvalue weighted by Crippen LogP contribution is -2.18. The van der Waals surface area contributed by atoms with Crippen LogP contribution < -0.4 is 20.1 Å². The van der Waals surface area contributed by atoms with E-state index in [1.165, 1.54) is 11.8 Å². The van der Waals surface area contributed by atoms with Gasteiger partial charge < -0.3 is 20.1 Å². The highest BCUT2D eigenvalue weighted by Crippen LogP contribution is 2.29. The van der Waals surface area contributed by atoms with Crippen LogP contribution in [0.15, 0.2) is 77.7 Å². The molecule has 0 saturated carbocycles. The zero-order valence-corrected chi connectivity index (χ0v) is 18.3. The molecule has 0 heterocycles.